The van der Waals surface area contributed by atoms with Crippen molar-refractivity contribution in [2.24, 2.45) is 17.5 Å². The molecule has 1 aliphatic rings. The van der Waals surface area contributed by atoms with Crippen LogP contribution in [0.3, 0.4) is 0 Å². The molecule has 0 saturated heterocycles. The molecule has 1 fully saturated rings. The molecular formula is C21H33IN6O. The Bertz CT molecular complexity index is 773. The molecule has 2 aromatic rings. The van der Waals surface area contributed by atoms with Crippen LogP contribution in [0.5, 0.6) is 0 Å². The van der Waals surface area contributed by atoms with Crippen LogP contribution in [0.15, 0.2) is 35.3 Å². The summed E-state index contributed by atoms with van der Waals surface area (Å²) in [5, 5.41) is 15.3. The highest BCUT2D eigenvalue weighted by Gasteiger charge is 2.41. The van der Waals surface area contributed by atoms with E-state index in [4.69, 9.17) is 9.73 Å². The average Bonchev–Trinajstić information content (AvgIpc) is 3.42. The molecule has 1 saturated carbocycles. The van der Waals surface area contributed by atoms with Gasteiger partial charge in [0.15, 0.2) is 11.8 Å². The lowest BCUT2D eigenvalue weighted by Crippen LogP contribution is -2.40. The van der Waals surface area contributed by atoms with Crippen molar-refractivity contribution in [3.8, 4) is 0 Å². The molecule has 1 aromatic heterocycles. The molecule has 160 valence electrons. The molecular weight excluding hydrogens is 479 g/mol. The van der Waals surface area contributed by atoms with Crippen molar-refractivity contribution in [2.75, 3.05) is 19.8 Å². The Morgan fingerprint density at radius 1 is 1.21 bits per heavy atom. The van der Waals surface area contributed by atoms with Gasteiger partial charge < -0.3 is 19.9 Å². The van der Waals surface area contributed by atoms with Crippen molar-refractivity contribution in [2.45, 2.75) is 46.2 Å². The van der Waals surface area contributed by atoms with E-state index in [1.54, 1.807) is 0 Å². The Labute approximate surface area is 190 Å². The Morgan fingerprint density at radius 3 is 2.59 bits per heavy atom. The highest BCUT2D eigenvalue weighted by atomic mass is 127. The molecule has 3 rings (SSSR count). The summed E-state index contributed by atoms with van der Waals surface area (Å²) in [5.41, 5.74) is 1.54. The number of aliphatic imine (C=N–C) groups is 1. The topological polar surface area (TPSA) is 76.4 Å². The maximum Gasteiger partial charge on any atom is 0.191 e. The molecule has 0 atom stereocenters. The number of nitrogens with one attached hydrogen (secondary N) is 2. The van der Waals surface area contributed by atoms with Crippen LogP contribution in [-0.2, 0) is 24.9 Å². The van der Waals surface area contributed by atoms with Crippen molar-refractivity contribution in [3.63, 3.8) is 0 Å². The van der Waals surface area contributed by atoms with Gasteiger partial charge in [-0.05, 0) is 44.1 Å². The fourth-order valence-corrected chi connectivity index (χ4v) is 3.09. The molecule has 1 aromatic carbocycles. The van der Waals surface area contributed by atoms with E-state index in [1.807, 2.05) is 43.7 Å². The Balaban J connectivity index is 0.00000300. The molecule has 1 heterocycles. The number of aromatic nitrogens is 3. The molecule has 0 unspecified atom stereocenters. The van der Waals surface area contributed by atoms with E-state index in [-0.39, 0.29) is 24.0 Å². The van der Waals surface area contributed by atoms with Gasteiger partial charge in [0.05, 0.1) is 13.1 Å². The molecule has 8 heteroatoms. The van der Waals surface area contributed by atoms with Crippen molar-refractivity contribution in [3.05, 3.63) is 47.5 Å². The zero-order valence-corrected chi connectivity index (χ0v) is 20.0. The summed E-state index contributed by atoms with van der Waals surface area (Å²) in [7, 11) is 1.98. The predicted molar refractivity (Wildman–Crippen MR) is 126 cm³/mol. The summed E-state index contributed by atoms with van der Waals surface area (Å²) in [6.45, 7) is 7.76. The van der Waals surface area contributed by atoms with E-state index in [0.29, 0.717) is 18.5 Å². The summed E-state index contributed by atoms with van der Waals surface area (Å²) < 4.78 is 7.54. The predicted octanol–water partition coefficient (Wildman–Crippen LogP) is 3.18. The van der Waals surface area contributed by atoms with Crippen molar-refractivity contribution >= 4 is 29.9 Å². The number of rotatable bonds is 10. The maximum absolute atomic E-state index is 5.55. The molecule has 0 spiro atoms. The fourth-order valence-electron chi connectivity index (χ4n) is 3.09. The third-order valence-electron chi connectivity index (χ3n) is 5.43. The van der Waals surface area contributed by atoms with Gasteiger partial charge in [-0.15, -0.1) is 34.2 Å². The third-order valence-corrected chi connectivity index (χ3v) is 5.43. The highest BCUT2D eigenvalue weighted by molar-refractivity contribution is 14.0. The van der Waals surface area contributed by atoms with Crippen LogP contribution in [-0.4, -0.2) is 40.5 Å². The third kappa shape index (κ3) is 7.26. The van der Waals surface area contributed by atoms with E-state index in [9.17, 15) is 0 Å². The highest BCUT2D eigenvalue weighted by Crippen LogP contribution is 2.48. The molecule has 7 nitrogen and oxygen atoms in total. The lowest BCUT2D eigenvalue weighted by Gasteiger charge is -2.19. The zero-order chi connectivity index (χ0) is 19.8. The van der Waals surface area contributed by atoms with Crippen LogP contribution in [0.4, 0.5) is 0 Å². The number of halogens is 1. The first kappa shape index (κ1) is 23.6. The first-order valence-corrected chi connectivity index (χ1v) is 10.1. The quantitative estimate of drug-likeness (QED) is 0.221. The van der Waals surface area contributed by atoms with Crippen LogP contribution in [0.1, 0.15) is 43.4 Å². The van der Waals surface area contributed by atoms with Gasteiger partial charge in [0.2, 0.25) is 0 Å². The summed E-state index contributed by atoms with van der Waals surface area (Å²) in [4.78, 5) is 4.78. The molecule has 0 amide bonds. The van der Waals surface area contributed by atoms with Gasteiger partial charge in [0.1, 0.15) is 5.82 Å². The van der Waals surface area contributed by atoms with Crippen molar-refractivity contribution < 1.29 is 4.74 Å². The SMILES string of the molecule is CCOCCC1(CNC(=NCc2ccccc2)NCc2nnc(C)n2C)CC1.I. The first-order chi connectivity index (χ1) is 13.6. The van der Waals surface area contributed by atoms with E-state index < -0.39 is 0 Å². The minimum Gasteiger partial charge on any atom is -0.382 e. The van der Waals surface area contributed by atoms with Gasteiger partial charge in [0, 0.05) is 26.8 Å². The number of benzene rings is 1. The zero-order valence-electron chi connectivity index (χ0n) is 17.6. The van der Waals surface area contributed by atoms with Gasteiger partial charge >= 0.3 is 0 Å². The summed E-state index contributed by atoms with van der Waals surface area (Å²) in [5.74, 6) is 2.61. The Morgan fingerprint density at radius 2 is 1.97 bits per heavy atom. The number of hydrogen-bond acceptors (Lipinski definition) is 4. The number of guanidine groups is 1. The lowest BCUT2D eigenvalue weighted by atomic mass is 10.0. The largest absolute Gasteiger partial charge is 0.382 e. The average molecular weight is 512 g/mol. The van der Waals surface area contributed by atoms with Crippen molar-refractivity contribution in [1.29, 1.82) is 0 Å². The maximum atomic E-state index is 5.55. The number of hydrogen-bond donors (Lipinski definition) is 2. The van der Waals surface area contributed by atoms with Gasteiger partial charge in [-0.2, -0.15) is 0 Å². The van der Waals surface area contributed by atoms with Crippen molar-refractivity contribution in [1.82, 2.24) is 25.4 Å². The number of aryl methyl sites for hydroxylation is 1. The van der Waals surface area contributed by atoms with Gasteiger partial charge in [-0.1, -0.05) is 30.3 Å². The summed E-state index contributed by atoms with van der Waals surface area (Å²) in [6, 6.07) is 10.3. The first-order valence-electron chi connectivity index (χ1n) is 10.1. The normalized spacial score (nSPS) is 14.9. The minimum absolute atomic E-state index is 0. The number of nitrogens with zero attached hydrogens (tertiary/aromatic N) is 4. The van der Waals surface area contributed by atoms with E-state index in [0.717, 1.165) is 43.8 Å². The van der Waals surface area contributed by atoms with Crippen LogP contribution >= 0.6 is 24.0 Å². The molecule has 0 radical (unpaired) electrons. The summed E-state index contributed by atoms with van der Waals surface area (Å²) in [6.07, 6.45) is 3.60. The Hall–Kier alpha value is -1.68. The molecule has 0 bridgehead atoms. The lowest BCUT2D eigenvalue weighted by molar-refractivity contribution is 0.128. The fraction of sp³-hybridized carbons (Fsp3) is 0.571. The molecule has 29 heavy (non-hydrogen) atoms. The van der Waals surface area contributed by atoms with Crippen LogP contribution in [0.2, 0.25) is 0 Å². The second kappa shape index (κ2) is 11.5. The second-order valence-corrected chi connectivity index (χ2v) is 7.53. The number of ether oxygens (including phenoxy) is 1. The monoisotopic (exact) mass is 512 g/mol. The molecule has 2 N–H and O–H groups in total. The smallest absolute Gasteiger partial charge is 0.191 e. The molecule has 1 aliphatic carbocycles. The molecule has 0 aliphatic heterocycles. The van der Waals surface area contributed by atoms with Crippen LogP contribution in [0.25, 0.3) is 0 Å². The van der Waals surface area contributed by atoms with Crippen LogP contribution < -0.4 is 10.6 Å². The van der Waals surface area contributed by atoms with Gasteiger partial charge in [-0.25, -0.2) is 4.99 Å². The summed E-state index contributed by atoms with van der Waals surface area (Å²) >= 11 is 0. The van der Waals surface area contributed by atoms with E-state index in [2.05, 4.69) is 33.0 Å². The van der Waals surface area contributed by atoms with E-state index >= 15 is 0 Å². The van der Waals surface area contributed by atoms with E-state index in [1.165, 1.54) is 18.4 Å². The van der Waals surface area contributed by atoms with Crippen LogP contribution in [0, 0.1) is 12.3 Å². The second-order valence-electron chi connectivity index (χ2n) is 7.53. The van der Waals surface area contributed by atoms with Gasteiger partial charge in [-0.3, -0.25) is 0 Å². The standard InChI is InChI=1S/C21H32N6O.HI/c1-4-28-13-12-21(10-11-21)16-24-20(22-14-18-8-6-5-7-9-18)23-15-19-26-25-17(2)27(19)3;/h5-9H,4,10-16H2,1-3H3,(H2,22,23,24);1H. The minimum atomic E-state index is 0. The Kier molecular flexibility index (Phi) is 9.35. The van der Waals surface area contributed by atoms with Gasteiger partial charge in [0.25, 0.3) is 0 Å².